The number of rotatable bonds is 7. The summed E-state index contributed by atoms with van der Waals surface area (Å²) < 4.78 is 11.1. The molecule has 0 radical (unpaired) electrons. The lowest BCUT2D eigenvalue weighted by Crippen LogP contribution is -2.44. The van der Waals surface area contributed by atoms with E-state index in [-0.39, 0.29) is 18.6 Å². The van der Waals surface area contributed by atoms with Crippen molar-refractivity contribution in [3.8, 4) is 5.75 Å². The molecule has 0 saturated carbocycles. The summed E-state index contributed by atoms with van der Waals surface area (Å²) in [6.07, 6.45) is 0. The number of amides is 1. The van der Waals surface area contributed by atoms with E-state index in [1.54, 1.807) is 11.3 Å². The Morgan fingerprint density at radius 1 is 1.27 bits per heavy atom. The fourth-order valence-corrected chi connectivity index (χ4v) is 4.07. The van der Waals surface area contributed by atoms with Crippen molar-refractivity contribution < 1.29 is 14.3 Å². The molecule has 1 saturated heterocycles. The van der Waals surface area contributed by atoms with Crippen LogP contribution in [-0.2, 0) is 9.53 Å². The lowest BCUT2D eigenvalue weighted by atomic mass is 10.1. The molecule has 1 aliphatic heterocycles. The minimum atomic E-state index is -0.0982. The van der Waals surface area contributed by atoms with Crippen molar-refractivity contribution in [2.24, 2.45) is 0 Å². The molecule has 1 atom stereocenters. The Morgan fingerprint density at radius 3 is 2.65 bits per heavy atom. The lowest BCUT2D eigenvalue weighted by Gasteiger charge is -2.34. The average molecular weight is 375 g/mol. The maximum absolute atomic E-state index is 12.3. The van der Waals surface area contributed by atoms with Crippen molar-refractivity contribution in [3.63, 3.8) is 0 Å². The zero-order valence-corrected chi connectivity index (χ0v) is 16.2. The van der Waals surface area contributed by atoms with Gasteiger partial charge < -0.3 is 14.8 Å². The lowest BCUT2D eigenvalue weighted by molar-refractivity contribution is -0.123. The zero-order valence-electron chi connectivity index (χ0n) is 15.4. The number of carbonyl (C=O) groups excluding carboxylic acids is 1. The average Bonchev–Trinajstić information content (AvgIpc) is 3.15. The first-order valence-electron chi connectivity index (χ1n) is 8.95. The SMILES string of the molecule is Cc1cc(C)cc(OCC(=O)NC[C@H](c2cccs2)N2CCOCC2)c1. The van der Waals surface area contributed by atoms with Crippen LogP contribution in [0.25, 0.3) is 0 Å². The fraction of sp³-hybridized carbons (Fsp3) is 0.450. The van der Waals surface area contributed by atoms with Gasteiger partial charge in [-0.2, -0.15) is 0 Å². The van der Waals surface area contributed by atoms with Crippen molar-refractivity contribution in [1.82, 2.24) is 10.2 Å². The summed E-state index contributed by atoms with van der Waals surface area (Å²) in [6, 6.07) is 10.3. The van der Waals surface area contributed by atoms with E-state index in [0.29, 0.717) is 6.54 Å². The molecule has 1 amide bonds. The Labute approximate surface area is 158 Å². The van der Waals surface area contributed by atoms with Crippen molar-refractivity contribution in [2.75, 3.05) is 39.5 Å². The number of hydrogen-bond donors (Lipinski definition) is 1. The number of aryl methyl sites for hydroxylation is 2. The summed E-state index contributed by atoms with van der Waals surface area (Å²) in [6.45, 7) is 7.91. The maximum Gasteiger partial charge on any atom is 0.258 e. The number of thiophene rings is 1. The highest BCUT2D eigenvalue weighted by Crippen LogP contribution is 2.25. The van der Waals surface area contributed by atoms with Gasteiger partial charge in [-0.25, -0.2) is 0 Å². The van der Waals surface area contributed by atoms with Crippen LogP contribution in [0.5, 0.6) is 5.75 Å². The molecule has 2 aromatic rings. The van der Waals surface area contributed by atoms with Gasteiger partial charge >= 0.3 is 0 Å². The molecule has 6 heteroatoms. The monoisotopic (exact) mass is 374 g/mol. The minimum Gasteiger partial charge on any atom is -0.484 e. The molecule has 0 spiro atoms. The summed E-state index contributed by atoms with van der Waals surface area (Å²) in [7, 11) is 0. The van der Waals surface area contributed by atoms with Crippen molar-refractivity contribution in [2.45, 2.75) is 19.9 Å². The Hall–Kier alpha value is -1.89. The topological polar surface area (TPSA) is 50.8 Å². The van der Waals surface area contributed by atoms with Crippen LogP contribution in [-0.4, -0.2) is 50.3 Å². The molecule has 1 aliphatic rings. The zero-order chi connectivity index (χ0) is 18.4. The predicted molar refractivity (Wildman–Crippen MR) is 104 cm³/mol. The van der Waals surface area contributed by atoms with Crippen LogP contribution < -0.4 is 10.1 Å². The van der Waals surface area contributed by atoms with E-state index in [9.17, 15) is 4.79 Å². The molecular weight excluding hydrogens is 348 g/mol. The van der Waals surface area contributed by atoms with Crippen LogP contribution in [0, 0.1) is 13.8 Å². The molecule has 1 N–H and O–H groups in total. The van der Waals surface area contributed by atoms with Crippen LogP contribution in [0.15, 0.2) is 35.7 Å². The highest BCUT2D eigenvalue weighted by molar-refractivity contribution is 7.10. The largest absolute Gasteiger partial charge is 0.484 e. The van der Waals surface area contributed by atoms with Crippen LogP contribution >= 0.6 is 11.3 Å². The molecule has 0 aliphatic carbocycles. The summed E-state index contributed by atoms with van der Waals surface area (Å²) in [5, 5.41) is 5.11. The van der Waals surface area contributed by atoms with Gasteiger partial charge in [0, 0.05) is 24.5 Å². The smallest absolute Gasteiger partial charge is 0.258 e. The van der Waals surface area contributed by atoms with Gasteiger partial charge in [-0.3, -0.25) is 9.69 Å². The van der Waals surface area contributed by atoms with Crippen LogP contribution in [0.4, 0.5) is 0 Å². The molecule has 140 valence electrons. The molecule has 0 unspecified atom stereocenters. The minimum absolute atomic E-state index is 0.0309. The number of nitrogens with one attached hydrogen (secondary N) is 1. The fourth-order valence-electron chi connectivity index (χ4n) is 3.21. The molecule has 26 heavy (non-hydrogen) atoms. The molecule has 0 bridgehead atoms. The third kappa shape index (κ3) is 5.30. The predicted octanol–water partition coefficient (Wildman–Crippen LogP) is 2.93. The van der Waals surface area contributed by atoms with Gasteiger partial charge in [0.2, 0.25) is 0 Å². The third-order valence-corrected chi connectivity index (χ3v) is 5.39. The molecule has 1 aromatic heterocycles. The van der Waals surface area contributed by atoms with Crippen LogP contribution in [0.3, 0.4) is 0 Å². The van der Waals surface area contributed by atoms with Gasteiger partial charge in [-0.05, 0) is 48.6 Å². The number of nitrogens with zero attached hydrogens (tertiary/aromatic N) is 1. The van der Waals surface area contributed by atoms with Gasteiger partial charge in [0.05, 0.1) is 19.3 Å². The Bertz CT molecular complexity index is 692. The van der Waals surface area contributed by atoms with Crippen LogP contribution in [0.2, 0.25) is 0 Å². The van der Waals surface area contributed by atoms with Gasteiger partial charge in [0.15, 0.2) is 6.61 Å². The highest BCUT2D eigenvalue weighted by Gasteiger charge is 2.23. The molecule has 1 aromatic carbocycles. The third-order valence-electron chi connectivity index (χ3n) is 4.42. The van der Waals surface area contributed by atoms with Gasteiger partial charge in [0.25, 0.3) is 5.91 Å². The van der Waals surface area contributed by atoms with E-state index in [1.807, 2.05) is 26.0 Å². The van der Waals surface area contributed by atoms with E-state index in [4.69, 9.17) is 9.47 Å². The second-order valence-corrected chi connectivity index (χ2v) is 7.57. The van der Waals surface area contributed by atoms with Crippen LogP contribution in [0.1, 0.15) is 22.0 Å². The second kappa shape index (κ2) is 9.16. The molecule has 3 rings (SSSR count). The van der Waals surface area contributed by atoms with Gasteiger partial charge in [0.1, 0.15) is 5.75 Å². The van der Waals surface area contributed by atoms with E-state index >= 15 is 0 Å². The normalized spacial score (nSPS) is 16.2. The Balaban J connectivity index is 1.53. The second-order valence-electron chi connectivity index (χ2n) is 6.60. The van der Waals surface area contributed by atoms with E-state index in [1.165, 1.54) is 4.88 Å². The number of ether oxygens (including phenoxy) is 2. The van der Waals surface area contributed by atoms with E-state index < -0.39 is 0 Å². The van der Waals surface area contributed by atoms with Crippen molar-refractivity contribution in [1.29, 1.82) is 0 Å². The Kier molecular flexibility index (Phi) is 6.66. The van der Waals surface area contributed by atoms with Crippen molar-refractivity contribution in [3.05, 3.63) is 51.7 Å². The summed E-state index contributed by atoms with van der Waals surface area (Å²) in [4.78, 5) is 15.9. The number of morpholine rings is 1. The van der Waals surface area contributed by atoms with E-state index in [2.05, 4.69) is 33.8 Å². The Morgan fingerprint density at radius 2 is 2.00 bits per heavy atom. The number of carbonyl (C=O) groups is 1. The summed E-state index contributed by atoms with van der Waals surface area (Å²) in [5.74, 6) is 0.639. The molecule has 5 nitrogen and oxygen atoms in total. The molecule has 2 heterocycles. The summed E-state index contributed by atoms with van der Waals surface area (Å²) in [5.41, 5.74) is 2.26. The maximum atomic E-state index is 12.3. The first-order valence-corrected chi connectivity index (χ1v) is 9.83. The number of hydrogen-bond acceptors (Lipinski definition) is 5. The first-order chi connectivity index (χ1) is 12.6. The first kappa shape index (κ1) is 18.9. The highest BCUT2D eigenvalue weighted by atomic mass is 32.1. The van der Waals surface area contributed by atoms with Gasteiger partial charge in [-0.1, -0.05) is 12.1 Å². The summed E-state index contributed by atoms with van der Waals surface area (Å²) >= 11 is 1.72. The molecule has 1 fully saturated rings. The number of benzene rings is 1. The quantitative estimate of drug-likeness (QED) is 0.810. The van der Waals surface area contributed by atoms with Crippen molar-refractivity contribution >= 4 is 17.2 Å². The standard InChI is InChI=1S/C20H26N2O3S/c1-15-10-16(2)12-17(11-15)25-14-20(23)21-13-18(19-4-3-9-26-19)22-5-7-24-8-6-22/h3-4,9-12,18H,5-8,13-14H2,1-2H3,(H,21,23)/t18-/m1/s1. The van der Waals surface area contributed by atoms with E-state index in [0.717, 1.165) is 43.2 Å². The molecular formula is C20H26N2O3S. The van der Waals surface area contributed by atoms with Gasteiger partial charge in [-0.15, -0.1) is 11.3 Å².